The highest BCUT2D eigenvalue weighted by Crippen LogP contribution is 2.28. The molecule has 0 spiro atoms. The summed E-state index contributed by atoms with van der Waals surface area (Å²) in [5.74, 6) is 0.696. The van der Waals surface area contributed by atoms with Crippen LogP contribution in [0.25, 0.3) is 10.2 Å². The number of nitrogen functional groups attached to an aromatic ring is 1. The molecule has 3 rings (SSSR count). The highest BCUT2D eigenvalue weighted by atomic mass is 79.9. The van der Waals surface area contributed by atoms with Crippen LogP contribution < -0.4 is 5.73 Å². The van der Waals surface area contributed by atoms with Crippen molar-refractivity contribution >= 4 is 55.1 Å². The number of thiophene rings is 1. The van der Waals surface area contributed by atoms with Crippen molar-refractivity contribution < 1.29 is 4.39 Å². The molecule has 0 saturated heterocycles. The van der Waals surface area contributed by atoms with Crippen LogP contribution in [-0.4, -0.2) is 9.97 Å². The number of nitrogens with two attached hydrogens (primary N) is 1. The fourth-order valence-electron chi connectivity index (χ4n) is 1.70. The lowest BCUT2D eigenvalue weighted by molar-refractivity contribution is 0.616. The maximum atomic E-state index is 13.7. The number of anilines is 1. The van der Waals surface area contributed by atoms with Gasteiger partial charge in [-0.15, -0.1) is 11.3 Å². The number of hydrogen-bond acceptors (Lipinski definition) is 5. The van der Waals surface area contributed by atoms with Crippen LogP contribution in [0, 0.1) is 5.82 Å². The molecule has 0 bridgehead atoms. The van der Waals surface area contributed by atoms with Crippen LogP contribution in [0.5, 0.6) is 0 Å². The van der Waals surface area contributed by atoms with E-state index in [9.17, 15) is 4.39 Å². The van der Waals surface area contributed by atoms with Gasteiger partial charge < -0.3 is 5.73 Å². The van der Waals surface area contributed by atoms with Crippen LogP contribution in [0.4, 0.5) is 10.2 Å². The number of hydrogen-bond donors (Lipinski definition) is 1. The summed E-state index contributed by atoms with van der Waals surface area (Å²) in [5.41, 5.74) is 6.50. The molecule has 102 valence electrons. The number of nitrogens with zero attached hydrogens (tertiary/aromatic N) is 2. The zero-order valence-corrected chi connectivity index (χ0v) is 13.4. The van der Waals surface area contributed by atoms with Gasteiger partial charge in [-0.25, -0.2) is 14.4 Å². The summed E-state index contributed by atoms with van der Waals surface area (Å²) in [5, 5.41) is 3.37. The van der Waals surface area contributed by atoms with Gasteiger partial charge in [-0.1, -0.05) is 33.8 Å². The van der Waals surface area contributed by atoms with Crippen LogP contribution in [0.15, 0.2) is 39.3 Å². The molecule has 0 aliphatic heterocycles. The van der Waals surface area contributed by atoms with E-state index in [1.54, 1.807) is 6.07 Å². The van der Waals surface area contributed by atoms with E-state index >= 15 is 0 Å². The normalized spacial score (nSPS) is 11.1. The molecule has 1 aromatic carbocycles. The second-order valence-electron chi connectivity index (χ2n) is 4.06. The Morgan fingerprint density at radius 2 is 2.15 bits per heavy atom. The number of rotatable bonds is 3. The predicted octanol–water partition coefficient (Wildman–Crippen LogP) is 4.47. The van der Waals surface area contributed by atoms with Crippen molar-refractivity contribution in [3.05, 3.63) is 45.5 Å². The Hall–Kier alpha value is -1.18. The Labute approximate surface area is 131 Å². The molecule has 0 unspecified atom stereocenters. The fraction of sp³-hybridized carbons (Fsp3) is 0.0769. The quantitative estimate of drug-likeness (QED) is 0.546. The van der Waals surface area contributed by atoms with Crippen molar-refractivity contribution in [2.24, 2.45) is 0 Å². The first kappa shape index (κ1) is 13.8. The lowest BCUT2D eigenvalue weighted by atomic mass is 10.2. The van der Waals surface area contributed by atoms with Crippen LogP contribution in [0.1, 0.15) is 5.56 Å². The number of halogens is 2. The minimum absolute atomic E-state index is 0.239. The minimum atomic E-state index is -0.239. The van der Waals surface area contributed by atoms with Crippen molar-refractivity contribution in [1.82, 2.24) is 9.97 Å². The smallest absolute Gasteiger partial charge is 0.191 e. The summed E-state index contributed by atoms with van der Waals surface area (Å²) in [7, 11) is 0. The Morgan fingerprint density at radius 1 is 1.30 bits per heavy atom. The van der Waals surface area contributed by atoms with Crippen molar-refractivity contribution in [1.29, 1.82) is 0 Å². The highest BCUT2D eigenvalue weighted by molar-refractivity contribution is 9.10. The van der Waals surface area contributed by atoms with Crippen molar-refractivity contribution in [3.8, 4) is 0 Å². The molecule has 0 atom stereocenters. The molecule has 0 aliphatic carbocycles. The summed E-state index contributed by atoms with van der Waals surface area (Å²) in [6.45, 7) is 0. The molecule has 0 fully saturated rings. The van der Waals surface area contributed by atoms with Crippen molar-refractivity contribution in [2.45, 2.75) is 10.9 Å². The van der Waals surface area contributed by atoms with E-state index in [4.69, 9.17) is 5.73 Å². The number of benzene rings is 1. The van der Waals surface area contributed by atoms with Gasteiger partial charge in [-0.3, -0.25) is 0 Å². The molecule has 3 aromatic rings. The topological polar surface area (TPSA) is 51.8 Å². The molecule has 0 radical (unpaired) electrons. The summed E-state index contributed by atoms with van der Waals surface area (Å²) in [6, 6.07) is 6.92. The Balaban J connectivity index is 1.82. The molecule has 2 N–H and O–H groups in total. The SMILES string of the molecule is Nc1nc(SCc2ccc(Br)cc2F)nc2sccc12. The van der Waals surface area contributed by atoms with E-state index < -0.39 is 0 Å². The first-order valence-electron chi connectivity index (χ1n) is 5.71. The van der Waals surface area contributed by atoms with E-state index in [1.807, 2.05) is 17.5 Å². The van der Waals surface area contributed by atoms with Gasteiger partial charge in [-0.05, 0) is 29.1 Å². The van der Waals surface area contributed by atoms with E-state index in [-0.39, 0.29) is 5.82 Å². The second kappa shape index (κ2) is 5.67. The van der Waals surface area contributed by atoms with Crippen molar-refractivity contribution in [2.75, 3.05) is 5.73 Å². The van der Waals surface area contributed by atoms with Gasteiger partial charge >= 0.3 is 0 Å². The Bertz CT molecular complexity index is 775. The molecule has 2 aromatic heterocycles. The molecule has 0 saturated carbocycles. The fourth-order valence-corrected chi connectivity index (χ4v) is 3.70. The number of thioether (sulfide) groups is 1. The molecule has 0 amide bonds. The number of fused-ring (bicyclic) bond motifs is 1. The van der Waals surface area contributed by atoms with Crippen LogP contribution >= 0.6 is 39.0 Å². The average molecular weight is 370 g/mol. The first-order chi connectivity index (χ1) is 9.63. The van der Waals surface area contributed by atoms with E-state index in [0.29, 0.717) is 22.3 Å². The van der Waals surface area contributed by atoms with Gasteiger partial charge in [-0.2, -0.15) is 0 Å². The van der Waals surface area contributed by atoms with Crippen LogP contribution in [-0.2, 0) is 5.75 Å². The maximum Gasteiger partial charge on any atom is 0.191 e. The van der Waals surface area contributed by atoms with Gasteiger partial charge in [0.25, 0.3) is 0 Å². The molecule has 7 heteroatoms. The second-order valence-corrected chi connectivity index (χ2v) is 6.81. The zero-order chi connectivity index (χ0) is 14.1. The molecule has 2 heterocycles. The Morgan fingerprint density at radius 3 is 2.95 bits per heavy atom. The Kier molecular flexibility index (Phi) is 3.91. The van der Waals surface area contributed by atoms with E-state index in [2.05, 4.69) is 25.9 Å². The van der Waals surface area contributed by atoms with Gasteiger partial charge in [0.1, 0.15) is 16.5 Å². The zero-order valence-electron chi connectivity index (χ0n) is 10.1. The third kappa shape index (κ3) is 2.79. The third-order valence-corrected chi connectivity index (χ3v) is 4.90. The van der Waals surface area contributed by atoms with Crippen molar-refractivity contribution in [3.63, 3.8) is 0 Å². The molecule has 0 aliphatic rings. The predicted molar refractivity (Wildman–Crippen MR) is 85.5 cm³/mol. The van der Waals surface area contributed by atoms with Gasteiger partial charge in [0.2, 0.25) is 0 Å². The van der Waals surface area contributed by atoms with Gasteiger partial charge in [0, 0.05) is 10.2 Å². The standard InChI is InChI=1S/C13H9BrFN3S2/c14-8-2-1-7(10(15)5-8)6-20-13-17-11(16)9-3-4-19-12(9)18-13/h1-5H,6H2,(H2,16,17,18). The molecular formula is C13H9BrFN3S2. The maximum absolute atomic E-state index is 13.7. The summed E-state index contributed by atoms with van der Waals surface area (Å²) < 4.78 is 14.5. The van der Waals surface area contributed by atoms with Gasteiger partial charge in [0.15, 0.2) is 5.16 Å². The minimum Gasteiger partial charge on any atom is -0.383 e. The summed E-state index contributed by atoms with van der Waals surface area (Å²) in [6.07, 6.45) is 0. The number of aromatic nitrogens is 2. The largest absolute Gasteiger partial charge is 0.383 e. The molecule has 3 nitrogen and oxygen atoms in total. The molecular weight excluding hydrogens is 361 g/mol. The van der Waals surface area contributed by atoms with Crippen LogP contribution in [0.3, 0.4) is 0 Å². The monoisotopic (exact) mass is 369 g/mol. The lowest BCUT2D eigenvalue weighted by Crippen LogP contribution is -1.96. The average Bonchev–Trinajstić information content (AvgIpc) is 2.86. The van der Waals surface area contributed by atoms with E-state index in [1.165, 1.54) is 29.2 Å². The van der Waals surface area contributed by atoms with Crippen LogP contribution in [0.2, 0.25) is 0 Å². The highest BCUT2D eigenvalue weighted by Gasteiger charge is 2.09. The summed E-state index contributed by atoms with van der Waals surface area (Å²) in [4.78, 5) is 9.52. The third-order valence-electron chi connectivity index (χ3n) is 2.71. The lowest BCUT2D eigenvalue weighted by Gasteiger charge is -2.04. The van der Waals surface area contributed by atoms with Gasteiger partial charge in [0.05, 0.1) is 5.39 Å². The van der Waals surface area contributed by atoms with E-state index in [0.717, 1.165) is 14.7 Å². The first-order valence-corrected chi connectivity index (χ1v) is 8.37. The molecule has 20 heavy (non-hydrogen) atoms. The summed E-state index contributed by atoms with van der Waals surface area (Å²) >= 11 is 6.13.